The lowest BCUT2D eigenvalue weighted by atomic mass is 10.1. The molecule has 1 aliphatic heterocycles. The summed E-state index contributed by atoms with van der Waals surface area (Å²) in [5.41, 5.74) is 0.669. The molecule has 1 fully saturated rings. The normalized spacial score (nSPS) is 18.3. The van der Waals surface area contributed by atoms with E-state index in [1.807, 2.05) is 13.1 Å². The van der Waals surface area contributed by atoms with Crippen LogP contribution in [0.1, 0.15) is 30.1 Å². The van der Waals surface area contributed by atoms with E-state index in [4.69, 9.17) is 4.74 Å². The summed E-state index contributed by atoms with van der Waals surface area (Å²) in [4.78, 5) is 18.4. The van der Waals surface area contributed by atoms with Gasteiger partial charge in [-0.1, -0.05) is 6.92 Å². The van der Waals surface area contributed by atoms with Gasteiger partial charge in [-0.05, 0) is 25.0 Å². The Morgan fingerprint density at radius 1 is 1.63 bits per heavy atom. The van der Waals surface area contributed by atoms with Crippen molar-refractivity contribution in [3.05, 3.63) is 23.9 Å². The van der Waals surface area contributed by atoms with Crippen molar-refractivity contribution in [1.29, 1.82) is 0 Å². The average Bonchev–Trinajstić information content (AvgIpc) is 2.98. The van der Waals surface area contributed by atoms with Crippen LogP contribution in [0.15, 0.2) is 18.3 Å². The van der Waals surface area contributed by atoms with Crippen molar-refractivity contribution >= 4 is 11.7 Å². The van der Waals surface area contributed by atoms with E-state index in [0.717, 1.165) is 31.8 Å². The van der Waals surface area contributed by atoms with Crippen molar-refractivity contribution in [3.8, 4) is 0 Å². The van der Waals surface area contributed by atoms with Gasteiger partial charge in [0.1, 0.15) is 5.82 Å². The van der Waals surface area contributed by atoms with Gasteiger partial charge in [-0.25, -0.2) is 4.98 Å². The highest BCUT2D eigenvalue weighted by atomic mass is 16.5. The summed E-state index contributed by atoms with van der Waals surface area (Å²) < 4.78 is 5.32. The Balaban J connectivity index is 2.05. The zero-order chi connectivity index (χ0) is 13.7. The number of ether oxygens (including phenoxy) is 1. The Bertz CT molecular complexity index is 430. The Morgan fingerprint density at radius 3 is 3.16 bits per heavy atom. The van der Waals surface area contributed by atoms with Gasteiger partial charge in [0, 0.05) is 32.0 Å². The number of nitrogens with one attached hydrogen (secondary N) is 1. The fourth-order valence-corrected chi connectivity index (χ4v) is 2.11. The summed E-state index contributed by atoms with van der Waals surface area (Å²) >= 11 is 0. The number of anilines is 1. The first-order valence-corrected chi connectivity index (χ1v) is 6.77. The number of rotatable bonds is 5. The molecule has 1 aromatic rings. The highest BCUT2D eigenvalue weighted by molar-refractivity contribution is 5.94. The fraction of sp³-hybridized carbons (Fsp3) is 0.571. The van der Waals surface area contributed by atoms with E-state index >= 15 is 0 Å². The van der Waals surface area contributed by atoms with Gasteiger partial charge in [0.25, 0.3) is 5.91 Å². The molecule has 2 heterocycles. The van der Waals surface area contributed by atoms with Gasteiger partial charge >= 0.3 is 0 Å². The molecule has 1 saturated heterocycles. The van der Waals surface area contributed by atoms with Crippen LogP contribution >= 0.6 is 0 Å². The number of hydrogen-bond donors (Lipinski definition) is 1. The number of likely N-dealkylation sites (N-methyl/N-ethyl adjacent to an activating group) is 1. The van der Waals surface area contributed by atoms with E-state index in [1.54, 1.807) is 17.2 Å². The lowest BCUT2D eigenvalue weighted by Crippen LogP contribution is -2.37. The molecule has 1 unspecified atom stereocenters. The van der Waals surface area contributed by atoms with E-state index in [-0.39, 0.29) is 11.9 Å². The van der Waals surface area contributed by atoms with Crippen LogP contribution < -0.4 is 5.32 Å². The zero-order valence-electron chi connectivity index (χ0n) is 11.6. The monoisotopic (exact) mass is 263 g/mol. The van der Waals surface area contributed by atoms with Gasteiger partial charge in [0.15, 0.2) is 0 Å². The summed E-state index contributed by atoms with van der Waals surface area (Å²) in [5.74, 6) is 0.779. The maximum atomic E-state index is 12.4. The minimum absolute atomic E-state index is 0.0254. The van der Waals surface area contributed by atoms with Gasteiger partial charge < -0.3 is 15.0 Å². The molecule has 2 rings (SSSR count). The Kier molecular flexibility index (Phi) is 4.74. The van der Waals surface area contributed by atoms with Gasteiger partial charge in [-0.15, -0.1) is 0 Å². The summed E-state index contributed by atoms with van der Waals surface area (Å²) in [7, 11) is 1.83. The Morgan fingerprint density at radius 2 is 2.47 bits per heavy atom. The summed E-state index contributed by atoms with van der Waals surface area (Å²) in [5, 5.41) is 3.19. The first-order valence-electron chi connectivity index (χ1n) is 6.77. The molecule has 0 spiro atoms. The smallest absolute Gasteiger partial charge is 0.254 e. The van der Waals surface area contributed by atoms with E-state index in [1.165, 1.54) is 0 Å². The van der Waals surface area contributed by atoms with Crippen molar-refractivity contribution in [3.63, 3.8) is 0 Å². The number of amides is 1. The molecule has 0 aliphatic carbocycles. The van der Waals surface area contributed by atoms with Gasteiger partial charge in [0.05, 0.1) is 12.6 Å². The van der Waals surface area contributed by atoms with E-state index in [9.17, 15) is 4.79 Å². The van der Waals surface area contributed by atoms with E-state index < -0.39 is 0 Å². The molecule has 0 aromatic carbocycles. The molecule has 1 amide bonds. The standard InChI is InChI=1S/C14H21N3O2/c1-3-6-15-13-9-11(4-7-16-13)14(18)17(2)12-5-8-19-10-12/h4,7,9,12H,3,5-6,8,10H2,1-2H3,(H,15,16). The average molecular weight is 263 g/mol. The van der Waals surface area contributed by atoms with Crippen molar-refractivity contribution in [2.24, 2.45) is 0 Å². The first-order chi connectivity index (χ1) is 9.22. The third kappa shape index (κ3) is 3.44. The lowest BCUT2D eigenvalue weighted by molar-refractivity contribution is 0.0711. The number of carbonyl (C=O) groups excluding carboxylic acids is 1. The first kappa shape index (κ1) is 13.8. The van der Waals surface area contributed by atoms with Crippen molar-refractivity contribution < 1.29 is 9.53 Å². The molecular formula is C14H21N3O2. The molecule has 0 bridgehead atoms. The number of hydrogen-bond acceptors (Lipinski definition) is 4. The Hall–Kier alpha value is -1.62. The topological polar surface area (TPSA) is 54.5 Å². The Labute approximate surface area is 114 Å². The minimum atomic E-state index is 0.0254. The van der Waals surface area contributed by atoms with Crippen LogP contribution in [-0.2, 0) is 4.74 Å². The number of carbonyl (C=O) groups is 1. The fourth-order valence-electron chi connectivity index (χ4n) is 2.11. The van der Waals surface area contributed by atoms with Crippen LogP contribution in [0.25, 0.3) is 0 Å². The van der Waals surface area contributed by atoms with Crippen molar-refractivity contribution in [1.82, 2.24) is 9.88 Å². The predicted octanol–water partition coefficient (Wildman–Crippen LogP) is 1.76. The molecule has 0 saturated carbocycles. The van der Waals surface area contributed by atoms with Crippen LogP contribution in [0, 0.1) is 0 Å². The number of aromatic nitrogens is 1. The van der Waals surface area contributed by atoms with Gasteiger partial charge in [0.2, 0.25) is 0 Å². The van der Waals surface area contributed by atoms with Crippen LogP contribution in [-0.4, -0.2) is 48.6 Å². The molecule has 1 aliphatic rings. The summed E-state index contributed by atoms with van der Waals surface area (Å²) in [6.07, 6.45) is 3.61. The third-order valence-corrected chi connectivity index (χ3v) is 3.34. The highest BCUT2D eigenvalue weighted by Crippen LogP contribution is 2.15. The zero-order valence-corrected chi connectivity index (χ0v) is 11.6. The molecule has 1 aromatic heterocycles. The second-order valence-electron chi connectivity index (χ2n) is 4.79. The molecule has 19 heavy (non-hydrogen) atoms. The van der Waals surface area contributed by atoms with Gasteiger partial charge in [-0.2, -0.15) is 0 Å². The number of pyridine rings is 1. The third-order valence-electron chi connectivity index (χ3n) is 3.34. The second kappa shape index (κ2) is 6.52. The molecule has 5 nitrogen and oxygen atoms in total. The maximum absolute atomic E-state index is 12.4. The maximum Gasteiger partial charge on any atom is 0.254 e. The SMILES string of the molecule is CCCNc1cc(C(=O)N(C)C2CCOC2)ccn1. The second-order valence-corrected chi connectivity index (χ2v) is 4.79. The van der Waals surface area contributed by atoms with E-state index in [0.29, 0.717) is 12.2 Å². The molecule has 1 N–H and O–H groups in total. The molecule has 1 atom stereocenters. The summed E-state index contributed by atoms with van der Waals surface area (Å²) in [6, 6.07) is 3.75. The predicted molar refractivity (Wildman–Crippen MR) is 74.3 cm³/mol. The van der Waals surface area contributed by atoms with Gasteiger partial charge in [-0.3, -0.25) is 4.79 Å². The van der Waals surface area contributed by atoms with Crippen LogP contribution in [0.2, 0.25) is 0 Å². The molecular weight excluding hydrogens is 242 g/mol. The van der Waals surface area contributed by atoms with E-state index in [2.05, 4.69) is 17.2 Å². The van der Waals surface area contributed by atoms with Crippen LogP contribution in [0.3, 0.4) is 0 Å². The summed E-state index contributed by atoms with van der Waals surface area (Å²) in [6.45, 7) is 4.32. The quantitative estimate of drug-likeness (QED) is 0.879. The minimum Gasteiger partial charge on any atom is -0.379 e. The molecule has 104 valence electrons. The van der Waals surface area contributed by atoms with Crippen molar-refractivity contribution in [2.45, 2.75) is 25.8 Å². The highest BCUT2D eigenvalue weighted by Gasteiger charge is 2.25. The lowest BCUT2D eigenvalue weighted by Gasteiger charge is -2.23. The van der Waals surface area contributed by atoms with Crippen LogP contribution in [0.4, 0.5) is 5.82 Å². The van der Waals surface area contributed by atoms with Crippen LogP contribution in [0.5, 0.6) is 0 Å². The number of nitrogens with zero attached hydrogens (tertiary/aromatic N) is 2. The van der Waals surface area contributed by atoms with Crippen molar-refractivity contribution in [2.75, 3.05) is 32.1 Å². The largest absolute Gasteiger partial charge is 0.379 e. The molecule has 0 radical (unpaired) electrons. The molecule has 5 heteroatoms.